The van der Waals surface area contributed by atoms with Crippen LogP contribution in [0.3, 0.4) is 0 Å². The molecule has 0 unspecified atom stereocenters. The molecule has 1 aromatic heterocycles. The van der Waals surface area contributed by atoms with Gasteiger partial charge in [-0.05, 0) is 18.4 Å². The Morgan fingerprint density at radius 3 is 2.52 bits per heavy atom. The van der Waals surface area contributed by atoms with Gasteiger partial charge in [0.25, 0.3) is 5.56 Å². The lowest BCUT2D eigenvalue weighted by Crippen LogP contribution is -2.20. The first kappa shape index (κ1) is 12.1. The molecule has 0 saturated heterocycles. The van der Waals surface area contributed by atoms with Crippen molar-refractivity contribution in [1.29, 1.82) is 0 Å². The van der Waals surface area contributed by atoms with Crippen molar-refractivity contribution in [3.8, 4) is 22.6 Å². The summed E-state index contributed by atoms with van der Waals surface area (Å²) in [6, 6.07) is 18.0. The fraction of sp³-hybridized carbons (Fsp3) is 0.111. The number of benzene rings is 2. The number of hydrogen-bond acceptors (Lipinski definition) is 2. The van der Waals surface area contributed by atoms with E-state index in [1.807, 2.05) is 42.5 Å². The summed E-state index contributed by atoms with van der Waals surface area (Å²) in [5.41, 5.74) is 4.89. The van der Waals surface area contributed by atoms with E-state index in [2.05, 4.69) is 17.1 Å². The first-order valence-electron chi connectivity index (χ1n) is 7.10. The highest BCUT2D eigenvalue weighted by Crippen LogP contribution is 2.30. The molecule has 0 radical (unpaired) electrons. The van der Waals surface area contributed by atoms with E-state index in [0.29, 0.717) is 5.82 Å². The van der Waals surface area contributed by atoms with Crippen molar-refractivity contribution in [2.24, 2.45) is 0 Å². The summed E-state index contributed by atoms with van der Waals surface area (Å²) in [5.74, 6) is 0.635. The Kier molecular flexibility index (Phi) is 2.71. The molecule has 0 amide bonds. The predicted octanol–water partition coefficient (Wildman–Crippen LogP) is 3.20. The predicted molar refractivity (Wildman–Crippen MR) is 83.1 cm³/mol. The molecule has 102 valence electrons. The molecule has 3 heteroatoms. The maximum Gasteiger partial charge on any atom is 0.254 e. The number of rotatable bonds is 1. The Morgan fingerprint density at radius 2 is 1.67 bits per heavy atom. The first-order chi connectivity index (χ1) is 10.3. The van der Waals surface area contributed by atoms with E-state index in [4.69, 9.17) is 4.98 Å². The average molecular weight is 274 g/mol. The SMILES string of the molecule is O=c1[nH]c(-c2ccccc2)nc2c1CCc1ccccc1-2. The molecule has 0 saturated carbocycles. The Labute approximate surface area is 122 Å². The van der Waals surface area contributed by atoms with Gasteiger partial charge in [-0.3, -0.25) is 4.79 Å². The highest BCUT2D eigenvalue weighted by Gasteiger charge is 2.20. The molecule has 1 N–H and O–H groups in total. The van der Waals surface area contributed by atoms with E-state index in [-0.39, 0.29) is 5.56 Å². The van der Waals surface area contributed by atoms with Crippen molar-refractivity contribution >= 4 is 0 Å². The van der Waals surface area contributed by atoms with Crippen molar-refractivity contribution in [3.63, 3.8) is 0 Å². The lowest BCUT2D eigenvalue weighted by atomic mass is 9.89. The van der Waals surface area contributed by atoms with E-state index < -0.39 is 0 Å². The molecule has 3 aromatic rings. The minimum atomic E-state index is -0.0200. The molecule has 0 fully saturated rings. The van der Waals surface area contributed by atoms with Gasteiger partial charge in [0.1, 0.15) is 5.82 Å². The molecule has 4 rings (SSSR count). The topological polar surface area (TPSA) is 45.8 Å². The molecule has 2 aromatic carbocycles. The van der Waals surface area contributed by atoms with Crippen LogP contribution in [0.1, 0.15) is 11.1 Å². The van der Waals surface area contributed by atoms with Crippen LogP contribution in [0.25, 0.3) is 22.6 Å². The Morgan fingerprint density at radius 1 is 0.905 bits per heavy atom. The number of nitrogens with zero attached hydrogens (tertiary/aromatic N) is 1. The zero-order valence-corrected chi connectivity index (χ0v) is 11.5. The Bertz CT molecular complexity index is 866. The van der Waals surface area contributed by atoms with Crippen molar-refractivity contribution in [1.82, 2.24) is 9.97 Å². The van der Waals surface area contributed by atoms with Gasteiger partial charge in [-0.2, -0.15) is 0 Å². The Balaban J connectivity index is 1.97. The molecule has 0 spiro atoms. The second-order valence-corrected chi connectivity index (χ2v) is 5.26. The minimum absolute atomic E-state index is 0.0200. The normalized spacial score (nSPS) is 12.6. The van der Waals surface area contributed by atoms with E-state index in [1.165, 1.54) is 5.56 Å². The summed E-state index contributed by atoms with van der Waals surface area (Å²) in [7, 11) is 0. The van der Waals surface area contributed by atoms with Crippen molar-refractivity contribution < 1.29 is 0 Å². The van der Waals surface area contributed by atoms with E-state index >= 15 is 0 Å². The van der Waals surface area contributed by atoms with Gasteiger partial charge in [-0.1, -0.05) is 54.6 Å². The highest BCUT2D eigenvalue weighted by atomic mass is 16.1. The van der Waals surface area contributed by atoms with E-state index in [9.17, 15) is 4.79 Å². The second-order valence-electron chi connectivity index (χ2n) is 5.26. The van der Waals surface area contributed by atoms with Crippen LogP contribution in [0.5, 0.6) is 0 Å². The number of aromatic nitrogens is 2. The van der Waals surface area contributed by atoms with Crippen LogP contribution in [0.4, 0.5) is 0 Å². The average Bonchev–Trinajstić information content (AvgIpc) is 2.55. The molecule has 3 nitrogen and oxygen atoms in total. The lowest BCUT2D eigenvalue weighted by Gasteiger charge is -2.18. The van der Waals surface area contributed by atoms with Crippen LogP contribution < -0.4 is 5.56 Å². The number of aromatic amines is 1. The van der Waals surface area contributed by atoms with Crippen molar-refractivity contribution in [3.05, 3.63) is 76.1 Å². The van der Waals surface area contributed by atoms with Gasteiger partial charge >= 0.3 is 0 Å². The summed E-state index contributed by atoms with van der Waals surface area (Å²) >= 11 is 0. The van der Waals surface area contributed by atoms with Crippen LogP contribution >= 0.6 is 0 Å². The van der Waals surface area contributed by atoms with Gasteiger partial charge in [0.2, 0.25) is 0 Å². The maximum absolute atomic E-state index is 12.4. The van der Waals surface area contributed by atoms with Gasteiger partial charge < -0.3 is 4.98 Å². The number of H-pyrrole nitrogens is 1. The molecule has 0 aliphatic heterocycles. The molecular weight excluding hydrogens is 260 g/mol. The lowest BCUT2D eigenvalue weighted by molar-refractivity contribution is 0.895. The fourth-order valence-electron chi connectivity index (χ4n) is 2.91. The quantitative estimate of drug-likeness (QED) is 0.740. The van der Waals surface area contributed by atoms with Gasteiger partial charge in [0.05, 0.1) is 5.69 Å². The Hall–Kier alpha value is -2.68. The number of nitrogens with one attached hydrogen (secondary N) is 1. The molecule has 21 heavy (non-hydrogen) atoms. The number of fused-ring (bicyclic) bond motifs is 3. The van der Waals surface area contributed by atoms with Crippen LogP contribution in [0.15, 0.2) is 59.4 Å². The summed E-state index contributed by atoms with van der Waals surface area (Å²) in [6.07, 6.45) is 1.66. The molecule has 1 heterocycles. The largest absolute Gasteiger partial charge is 0.306 e. The zero-order chi connectivity index (χ0) is 14.2. The summed E-state index contributed by atoms with van der Waals surface area (Å²) in [6.45, 7) is 0. The monoisotopic (exact) mass is 274 g/mol. The van der Waals surface area contributed by atoms with Gasteiger partial charge in [0, 0.05) is 16.7 Å². The standard InChI is InChI=1S/C18H14N2O/c21-18-15-11-10-12-6-4-5-9-14(12)16(15)19-17(20-18)13-7-2-1-3-8-13/h1-9H,10-11H2,(H,19,20,21). The van der Waals surface area contributed by atoms with Crippen LogP contribution in [0, 0.1) is 0 Å². The van der Waals surface area contributed by atoms with Crippen molar-refractivity contribution in [2.45, 2.75) is 12.8 Å². The van der Waals surface area contributed by atoms with Crippen LogP contribution in [-0.2, 0) is 12.8 Å². The summed E-state index contributed by atoms with van der Waals surface area (Å²) in [5, 5.41) is 0. The molecule has 1 aliphatic rings. The van der Waals surface area contributed by atoms with Gasteiger partial charge in [-0.25, -0.2) is 4.98 Å². The van der Waals surface area contributed by atoms with Crippen LogP contribution in [-0.4, -0.2) is 9.97 Å². The third-order valence-electron chi connectivity index (χ3n) is 3.98. The number of aryl methyl sites for hydroxylation is 1. The second kappa shape index (κ2) is 4.70. The summed E-state index contributed by atoms with van der Waals surface area (Å²) < 4.78 is 0. The van der Waals surface area contributed by atoms with Gasteiger partial charge in [-0.15, -0.1) is 0 Å². The number of hydrogen-bond donors (Lipinski definition) is 1. The third kappa shape index (κ3) is 1.98. The zero-order valence-electron chi connectivity index (χ0n) is 11.5. The summed E-state index contributed by atoms with van der Waals surface area (Å²) in [4.78, 5) is 20.0. The molecule has 0 bridgehead atoms. The maximum atomic E-state index is 12.4. The van der Waals surface area contributed by atoms with E-state index in [1.54, 1.807) is 0 Å². The molecule has 0 atom stereocenters. The highest BCUT2D eigenvalue weighted by molar-refractivity contribution is 5.71. The third-order valence-corrected chi connectivity index (χ3v) is 3.98. The van der Waals surface area contributed by atoms with Crippen LogP contribution in [0.2, 0.25) is 0 Å². The van der Waals surface area contributed by atoms with Crippen molar-refractivity contribution in [2.75, 3.05) is 0 Å². The smallest absolute Gasteiger partial charge is 0.254 e. The minimum Gasteiger partial charge on any atom is -0.306 e. The van der Waals surface area contributed by atoms with E-state index in [0.717, 1.165) is 35.2 Å². The molecule has 1 aliphatic carbocycles. The molecular formula is C18H14N2O. The first-order valence-corrected chi connectivity index (χ1v) is 7.10. The van der Waals surface area contributed by atoms with Gasteiger partial charge in [0.15, 0.2) is 0 Å². The fourth-order valence-corrected chi connectivity index (χ4v) is 2.91.